The maximum atomic E-state index is 13.1. The molecule has 0 spiro atoms. The van der Waals surface area contributed by atoms with E-state index in [1.165, 1.54) is 16.9 Å². The molecule has 0 atom stereocenters. The van der Waals surface area contributed by atoms with Crippen LogP contribution in [-0.4, -0.2) is 29.9 Å². The Morgan fingerprint density at radius 1 is 0.917 bits per heavy atom. The minimum absolute atomic E-state index is 0.236. The summed E-state index contributed by atoms with van der Waals surface area (Å²) in [6, 6.07) is 27.9. The van der Waals surface area contributed by atoms with E-state index in [0.29, 0.717) is 16.1 Å². The Hall–Kier alpha value is -3.74. The van der Waals surface area contributed by atoms with Gasteiger partial charge in [-0.05, 0) is 47.7 Å². The first-order valence-corrected chi connectivity index (χ1v) is 13.0. The summed E-state index contributed by atoms with van der Waals surface area (Å²) in [5.41, 5.74) is 5.45. The third-order valence-electron chi connectivity index (χ3n) is 6.35. The maximum absolute atomic E-state index is 13.1. The fourth-order valence-electron chi connectivity index (χ4n) is 4.56. The molecule has 1 aliphatic heterocycles. The van der Waals surface area contributed by atoms with Gasteiger partial charge in [0.15, 0.2) is 0 Å². The fraction of sp³-hybridized carbons (Fsp3) is 0.200. The lowest BCUT2D eigenvalue weighted by Gasteiger charge is -2.27. The lowest BCUT2D eigenvalue weighted by molar-refractivity contribution is 0.0526. The summed E-state index contributed by atoms with van der Waals surface area (Å²) >= 11 is 1.48. The van der Waals surface area contributed by atoms with Crippen molar-refractivity contribution in [1.82, 2.24) is 4.90 Å². The number of nitrogens with one attached hydrogen (secondary N) is 1. The zero-order valence-electron chi connectivity index (χ0n) is 20.2. The van der Waals surface area contributed by atoms with E-state index in [1.54, 1.807) is 6.92 Å². The first-order valence-electron chi connectivity index (χ1n) is 12.2. The number of amides is 1. The molecule has 5 nitrogen and oxygen atoms in total. The topological polar surface area (TPSA) is 58.6 Å². The van der Waals surface area contributed by atoms with Gasteiger partial charge >= 0.3 is 5.97 Å². The van der Waals surface area contributed by atoms with E-state index in [1.807, 2.05) is 60.7 Å². The normalized spacial score (nSPS) is 13.1. The van der Waals surface area contributed by atoms with Crippen molar-refractivity contribution >= 4 is 28.2 Å². The number of carbonyl (C=O) groups excluding carboxylic acids is 2. The first kappa shape index (κ1) is 24.0. The van der Waals surface area contributed by atoms with Gasteiger partial charge < -0.3 is 10.1 Å². The Bertz CT molecular complexity index is 1350. The highest BCUT2D eigenvalue weighted by Gasteiger charge is 2.29. The molecule has 0 radical (unpaired) electrons. The average Bonchev–Trinajstić information content (AvgIpc) is 3.27. The van der Waals surface area contributed by atoms with Crippen LogP contribution in [0.25, 0.3) is 11.1 Å². The van der Waals surface area contributed by atoms with Crippen LogP contribution in [0.4, 0.5) is 5.00 Å². The van der Waals surface area contributed by atoms with Crippen LogP contribution in [0.15, 0.2) is 84.9 Å². The standard InChI is InChI=1S/C30H28N2O3S/c1-2-35-30(34)27-25-17-18-32(19-21-9-5-3-6-10-21)20-26(25)36-29(27)31-28(33)24-15-13-23(14-16-24)22-11-7-4-8-12-22/h3-16H,2,17-20H2,1H3,(H,31,33). The van der Waals surface area contributed by atoms with Gasteiger partial charge in [0.1, 0.15) is 5.00 Å². The third-order valence-corrected chi connectivity index (χ3v) is 7.48. The number of carbonyl (C=O) groups is 2. The van der Waals surface area contributed by atoms with Crippen LogP contribution in [-0.2, 0) is 24.2 Å². The summed E-state index contributed by atoms with van der Waals surface area (Å²) < 4.78 is 5.37. The lowest BCUT2D eigenvalue weighted by atomic mass is 10.0. The van der Waals surface area contributed by atoms with Crippen LogP contribution in [0.5, 0.6) is 0 Å². The van der Waals surface area contributed by atoms with Gasteiger partial charge in [0.2, 0.25) is 0 Å². The highest BCUT2D eigenvalue weighted by molar-refractivity contribution is 7.17. The summed E-state index contributed by atoms with van der Waals surface area (Å²) in [7, 11) is 0. The van der Waals surface area contributed by atoms with Crippen LogP contribution in [0.2, 0.25) is 0 Å². The minimum atomic E-state index is -0.374. The number of benzene rings is 3. The number of nitrogens with zero attached hydrogens (tertiary/aromatic N) is 1. The molecule has 1 N–H and O–H groups in total. The van der Waals surface area contributed by atoms with Gasteiger partial charge in [0, 0.05) is 30.1 Å². The van der Waals surface area contributed by atoms with Crippen LogP contribution < -0.4 is 5.32 Å². The van der Waals surface area contributed by atoms with Crippen molar-refractivity contribution in [2.75, 3.05) is 18.5 Å². The molecule has 6 heteroatoms. The SMILES string of the molecule is CCOC(=O)c1c(NC(=O)c2ccc(-c3ccccc3)cc2)sc2c1CCN(Cc1ccccc1)C2. The molecule has 5 rings (SSSR count). The van der Waals surface area contributed by atoms with Crippen molar-refractivity contribution < 1.29 is 14.3 Å². The maximum Gasteiger partial charge on any atom is 0.341 e. The number of rotatable bonds is 7. The van der Waals surface area contributed by atoms with E-state index < -0.39 is 0 Å². The van der Waals surface area contributed by atoms with Crippen LogP contribution in [0.3, 0.4) is 0 Å². The van der Waals surface area contributed by atoms with Gasteiger partial charge in [-0.25, -0.2) is 4.79 Å². The van der Waals surface area contributed by atoms with Crippen molar-refractivity contribution in [3.05, 3.63) is 112 Å². The van der Waals surface area contributed by atoms with Crippen molar-refractivity contribution in [2.24, 2.45) is 0 Å². The summed E-state index contributed by atoms with van der Waals surface area (Å²) in [5, 5.41) is 3.57. The summed E-state index contributed by atoms with van der Waals surface area (Å²) in [6.07, 6.45) is 0.745. The quantitative estimate of drug-likeness (QED) is 0.301. The molecular weight excluding hydrogens is 468 g/mol. The molecule has 0 saturated heterocycles. The molecule has 182 valence electrons. The van der Waals surface area contributed by atoms with E-state index >= 15 is 0 Å². The number of esters is 1. The van der Waals surface area contributed by atoms with E-state index in [0.717, 1.165) is 47.6 Å². The number of anilines is 1. The van der Waals surface area contributed by atoms with Crippen molar-refractivity contribution in [3.63, 3.8) is 0 Å². The van der Waals surface area contributed by atoms with Crippen molar-refractivity contribution in [3.8, 4) is 11.1 Å². The highest BCUT2D eigenvalue weighted by Crippen LogP contribution is 2.38. The zero-order chi connectivity index (χ0) is 24.9. The van der Waals surface area contributed by atoms with Gasteiger partial charge in [0.05, 0.1) is 12.2 Å². The van der Waals surface area contributed by atoms with Crippen LogP contribution in [0.1, 0.15) is 43.6 Å². The van der Waals surface area contributed by atoms with Crippen molar-refractivity contribution in [2.45, 2.75) is 26.4 Å². The Morgan fingerprint density at radius 3 is 2.28 bits per heavy atom. The number of hydrogen-bond donors (Lipinski definition) is 1. The Labute approximate surface area is 215 Å². The Morgan fingerprint density at radius 2 is 1.58 bits per heavy atom. The molecule has 0 fully saturated rings. The molecule has 3 aromatic carbocycles. The Balaban J connectivity index is 1.37. The fourth-order valence-corrected chi connectivity index (χ4v) is 5.83. The second-order valence-electron chi connectivity index (χ2n) is 8.77. The summed E-state index contributed by atoms with van der Waals surface area (Å²) in [4.78, 5) is 29.5. The number of fused-ring (bicyclic) bond motifs is 1. The van der Waals surface area contributed by atoms with Gasteiger partial charge in [-0.1, -0.05) is 72.8 Å². The molecule has 2 heterocycles. The molecule has 0 bridgehead atoms. The molecular formula is C30H28N2O3S. The smallest absolute Gasteiger partial charge is 0.341 e. The zero-order valence-corrected chi connectivity index (χ0v) is 21.0. The predicted molar refractivity (Wildman–Crippen MR) is 144 cm³/mol. The predicted octanol–water partition coefficient (Wildman–Crippen LogP) is 6.40. The highest BCUT2D eigenvalue weighted by atomic mass is 32.1. The minimum Gasteiger partial charge on any atom is -0.462 e. The van der Waals surface area contributed by atoms with Gasteiger partial charge in [-0.2, -0.15) is 0 Å². The van der Waals surface area contributed by atoms with Gasteiger partial charge in [-0.3, -0.25) is 9.69 Å². The summed E-state index contributed by atoms with van der Waals surface area (Å²) in [5.74, 6) is -0.610. The molecule has 0 unspecified atom stereocenters. The van der Waals surface area contributed by atoms with E-state index in [9.17, 15) is 9.59 Å². The molecule has 1 aliphatic rings. The van der Waals surface area contributed by atoms with Crippen LogP contribution in [0, 0.1) is 0 Å². The largest absolute Gasteiger partial charge is 0.462 e. The third kappa shape index (κ3) is 5.25. The van der Waals surface area contributed by atoms with Crippen molar-refractivity contribution in [1.29, 1.82) is 0 Å². The average molecular weight is 497 g/mol. The van der Waals surface area contributed by atoms with E-state index in [4.69, 9.17) is 4.74 Å². The van der Waals surface area contributed by atoms with E-state index in [2.05, 4.69) is 34.5 Å². The monoisotopic (exact) mass is 496 g/mol. The molecule has 36 heavy (non-hydrogen) atoms. The molecule has 4 aromatic rings. The number of hydrogen-bond acceptors (Lipinski definition) is 5. The molecule has 0 aliphatic carbocycles. The van der Waals surface area contributed by atoms with E-state index in [-0.39, 0.29) is 18.5 Å². The molecule has 1 aromatic heterocycles. The number of thiophene rings is 1. The van der Waals surface area contributed by atoms with Gasteiger partial charge in [-0.15, -0.1) is 11.3 Å². The first-order chi connectivity index (χ1) is 17.6. The lowest BCUT2D eigenvalue weighted by Crippen LogP contribution is -2.29. The second kappa shape index (κ2) is 10.9. The summed E-state index contributed by atoms with van der Waals surface area (Å²) in [6.45, 7) is 4.52. The molecule has 0 saturated carbocycles. The van der Waals surface area contributed by atoms with Crippen LogP contribution >= 0.6 is 11.3 Å². The molecule has 1 amide bonds. The van der Waals surface area contributed by atoms with Gasteiger partial charge in [0.25, 0.3) is 5.91 Å². The second-order valence-corrected chi connectivity index (χ2v) is 9.88. The number of ether oxygens (including phenoxy) is 1. The Kier molecular flexibility index (Phi) is 7.26.